The van der Waals surface area contributed by atoms with E-state index in [-0.39, 0.29) is 12.6 Å². The first-order valence-corrected chi connectivity index (χ1v) is 6.92. The number of carbonyl (C=O) groups excluding carboxylic acids is 1. The maximum atomic E-state index is 13.3. The van der Waals surface area contributed by atoms with E-state index in [1.165, 1.54) is 17.0 Å². The van der Waals surface area contributed by atoms with E-state index in [4.69, 9.17) is 0 Å². The molecule has 1 aliphatic rings. The van der Waals surface area contributed by atoms with Crippen molar-refractivity contribution < 1.29 is 14.3 Å². The zero-order valence-corrected chi connectivity index (χ0v) is 12.2. The van der Waals surface area contributed by atoms with Gasteiger partial charge in [0.05, 0.1) is 10.6 Å². The average Bonchev–Trinajstić information content (AvgIpc) is 3.17. The number of aliphatic hydroxyl groups excluding tert-OH is 1. The molecular weight excluding hydrogens is 315 g/mol. The van der Waals surface area contributed by atoms with Crippen LogP contribution in [-0.2, 0) is 0 Å². The molecule has 1 unspecified atom stereocenters. The van der Waals surface area contributed by atoms with Crippen LogP contribution in [0.5, 0.6) is 0 Å². The fourth-order valence-electron chi connectivity index (χ4n) is 1.79. The Morgan fingerprint density at radius 2 is 2.32 bits per heavy atom. The fourth-order valence-corrected chi connectivity index (χ4v) is 2.03. The Hall–Kier alpha value is -1.14. The van der Waals surface area contributed by atoms with E-state index in [1.54, 1.807) is 13.1 Å². The van der Waals surface area contributed by atoms with Gasteiger partial charge in [0, 0.05) is 19.3 Å². The van der Waals surface area contributed by atoms with Crippen molar-refractivity contribution in [3.05, 3.63) is 28.5 Å². The van der Waals surface area contributed by atoms with Crippen LogP contribution in [0, 0.1) is 11.7 Å². The van der Waals surface area contributed by atoms with Gasteiger partial charge in [0.15, 0.2) is 0 Å². The largest absolute Gasteiger partial charge is 0.391 e. The molecule has 0 saturated heterocycles. The molecule has 2 rings (SSSR count). The topological polar surface area (TPSA) is 52.6 Å². The molecule has 2 amide bonds. The molecule has 0 radical (unpaired) electrons. The Bertz CT molecular complexity index is 480. The Balaban J connectivity index is 1.90. The molecule has 0 heterocycles. The second kappa shape index (κ2) is 5.88. The molecule has 104 valence electrons. The summed E-state index contributed by atoms with van der Waals surface area (Å²) in [6.45, 7) is 0.287. The van der Waals surface area contributed by atoms with Crippen molar-refractivity contribution in [1.82, 2.24) is 4.90 Å². The van der Waals surface area contributed by atoms with Crippen LogP contribution in [0.1, 0.15) is 12.8 Å². The Morgan fingerprint density at radius 1 is 1.63 bits per heavy atom. The maximum Gasteiger partial charge on any atom is 0.321 e. The molecule has 19 heavy (non-hydrogen) atoms. The van der Waals surface area contributed by atoms with Gasteiger partial charge in [0.25, 0.3) is 0 Å². The van der Waals surface area contributed by atoms with Crippen LogP contribution in [0.4, 0.5) is 14.9 Å². The van der Waals surface area contributed by atoms with Gasteiger partial charge in [-0.15, -0.1) is 0 Å². The van der Waals surface area contributed by atoms with E-state index in [9.17, 15) is 14.3 Å². The highest BCUT2D eigenvalue weighted by atomic mass is 79.9. The Kier molecular flexibility index (Phi) is 4.42. The number of hydrogen-bond donors (Lipinski definition) is 2. The highest BCUT2D eigenvalue weighted by Gasteiger charge is 2.31. The monoisotopic (exact) mass is 330 g/mol. The molecule has 1 aliphatic carbocycles. The summed E-state index contributed by atoms with van der Waals surface area (Å²) in [4.78, 5) is 13.3. The molecule has 0 spiro atoms. The molecule has 2 N–H and O–H groups in total. The van der Waals surface area contributed by atoms with E-state index in [2.05, 4.69) is 21.2 Å². The maximum absolute atomic E-state index is 13.3. The number of anilines is 1. The zero-order valence-electron chi connectivity index (χ0n) is 10.6. The van der Waals surface area contributed by atoms with E-state index >= 15 is 0 Å². The third-order valence-electron chi connectivity index (χ3n) is 3.14. The van der Waals surface area contributed by atoms with Crippen LogP contribution >= 0.6 is 15.9 Å². The summed E-state index contributed by atoms with van der Waals surface area (Å²) < 4.78 is 13.7. The molecule has 4 nitrogen and oxygen atoms in total. The number of hydrogen-bond acceptors (Lipinski definition) is 2. The van der Waals surface area contributed by atoms with Crippen molar-refractivity contribution in [2.24, 2.45) is 5.92 Å². The molecule has 1 fully saturated rings. The molecular formula is C13H16BrFN2O2. The summed E-state index contributed by atoms with van der Waals surface area (Å²) in [6, 6.07) is 4.02. The van der Waals surface area contributed by atoms with Crippen LogP contribution in [0.2, 0.25) is 0 Å². The molecule has 1 saturated carbocycles. The summed E-state index contributed by atoms with van der Waals surface area (Å²) >= 11 is 3.05. The number of likely N-dealkylation sites (N-methyl/N-ethyl adjacent to an activating group) is 1. The summed E-state index contributed by atoms with van der Waals surface area (Å²) in [7, 11) is 1.61. The van der Waals surface area contributed by atoms with Gasteiger partial charge in [-0.2, -0.15) is 0 Å². The summed E-state index contributed by atoms with van der Waals surface area (Å²) in [5, 5.41) is 12.4. The highest BCUT2D eigenvalue weighted by Crippen LogP contribution is 2.32. The number of halogens is 2. The molecule has 0 aliphatic heterocycles. The van der Waals surface area contributed by atoms with Crippen molar-refractivity contribution in [3.63, 3.8) is 0 Å². The minimum atomic E-state index is -0.475. The summed E-state index contributed by atoms with van der Waals surface area (Å²) in [5.74, 6) is -0.112. The van der Waals surface area contributed by atoms with Crippen molar-refractivity contribution in [2.45, 2.75) is 18.9 Å². The average molecular weight is 331 g/mol. The lowest BCUT2D eigenvalue weighted by Gasteiger charge is -2.21. The van der Waals surface area contributed by atoms with Crippen molar-refractivity contribution in [3.8, 4) is 0 Å². The smallest absolute Gasteiger partial charge is 0.321 e. The van der Waals surface area contributed by atoms with Crippen LogP contribution in [0.15, 0.2) is 22.7 Å². The molecule has 1 aromatic rings. The van der Waals surface area contributed by atoms with Gasteiger partial charge in [0.2, 0.25) is 0 Å². The Morgan fingerprint density at radius 3 is 2.89 bits per heavy atom. The van der Waals surface area contributed by atoms with Crippen LogP contribution < -0.4 is 5.32 Å². The number of benzene rings is 1. The predicted molar refractivity (Wildman–Crippen MR) is 74.5 cm³/mol. The van der Waals surface area contributed by atoms with E-state index < -0.39 is 11.9 Å². The lowest BCUT2D eigenvalue weighted by atomic mass is 10.2. The van der Waals surface area contributed by atoms with Gasteiger partial charge < -0.3 is 15.3 Å². The number of aliphatic hydroxyl groups is 1. The van der Waals surface area contributed by atoms with Gasteiger partial charge >= 0.3 is 6.03 Å². The van der Waals surface area contributed by atoms with Crippen LogP contribution in [-0.4, -0.2) is 35.7 Å². The van der Waals surface area contributed by atoms with Crippen LogP contribution in [0.25, 0.3) is 0 Å². The van der Waals surface area contributed by atoms with Gasteiger partial charge in [-0.3, -0.25) is 0 Å². The van der Waals surface area contributed by atoms with Gasteiger partial charge in [-0.25, -0.2) is 9.18 Å². The van der Waals surface area contributed by atoms with E-state index in [0.717, 1.165) is 12.8 Å². The van der Waals surface area contributed by atoms with Gasteiger partial charge in [-0.1, -0.05) is 0 Å². The first-order chi connectivity index (χ1) is 8.97. The quantitative estimate of drug-likeness (QED) is 0.891. The number of rotatable bonds is 4. The first kappa shape index (κ1) is 14.3. The zero-order chi connectivity index (χ0) is 14.0. The molecule has 1 aromatic carbocycles. The second-order valence-corrected chi connectivity index (χ2v) is 5.70. The first-order valence-electron chi connectivity index (χ1n) is 6.12. The number of carbonyl (C=O) groups is 1. The normalized spacial score (nSPS) is 16.0. The van der Waals surface area contributed by atoms with Crippen molar-refractivity contribution in [2.75, 3.05) is 18.9 Å². The van der Waals surface area contributed by atoms with Crippen molar-refractivity contribution >= 4 is 27.6 Å². The van der Waals surface area contributed by atoms with E-state index in [0.29, 0.717) is 16.1 Å². The molecule has 1 atom stereocenters. The third kappa shape index (κ3) is 3.91. The molecule has 0 bridgehead atoms. The Labute approximate surface area is 119 Å². The third-order valence-corrected chi connectivity index (χ3v) is 3.79. The number of amides is 2. The van der Waals surface area contributed by atoms with Crippen LogP contribution in [0.3, 0.4) is 0 Å². The number of nitrogens with one attached hydrogen (secondary N) is 1. The summed E-state index contributed by atoms with van der Waals surface area (Å²) in [6.07, 6.45) is 1.57. The molecule has 6 heteroatoms. The minimum absolute atomic E-state index is 0.287. The highest BCUT2D eigenvalue weighted by molar-refractivity contribution is 9.10. The lowest BCUT2D eigenvalue weighted by molar-refractivity contribution is 0.117. The SMILES string of the molecule is CN(CC(O)C1CC1)C(=O)Nc1ccc(Br)c(F)c1. The lowest BCUT2D eigenvalue weighted by Crippen LogP contribution is -2.38. The van der Waals surface area contributed by atoms with Gasteiger partial charge in [0.1, 0.15) is 5.82 Å². The second-order valence-electron chi connectivity index (χ2n) is 4.84. The minimum Gasteiger partial charge on any atom is -0.391 e. The summed E-state index contributed by atoms with van der Waals surface area (Å²) in [5.41, 5.74) is 0.387. The van der Waals surface area contributed by atoms with E-state index in [1.807, 2.05) is 0 Å². The predicted octanol–water partition coefficient (Wildman–Crippen LogP) is 2.82. The standard InChI is InChI=1S/C13H16BrFN2O2/c1-17(7-12(18)8-2-3-8)13(19)16-9-4-5-10(14)11(15)6-9/h4-6,8,12,18H,2-3,7H2,1H3,(H,16,19). The number of urea groups is 1. The molecule has 0 aromatic heterocycles. The number of nitrogens with zero attached hydrogens (tertiary/aromatic N) is 1. The fraction of sp³-hybridized carbons (Fsp3) is 0.462. The van der Waals surface area contributed by atoms with Gasteiger partial charge in [-0.05, 0) is 52.9 Å². The van der Waals surface area contributed by atoms with Crippen molar-refractivity contribution in [1.29, 1.82) is 0 Å².